The van der Waals surface area contributed by atoms with E-state index < -0.39 is 5.92 Å². The zero-order valence-electron chi connectivity index (χ0n) is 22.3. The summed E-state index contributed by atoms with van der Waals surface area (Å²) in [7, 11) is 0. The highest BCUT2D eigenvalue weighted by atomic mass is 35.5. The Hall–Kier alpha value is -4.71. The van der Waals surface area contributed by atoms with E-state index in [-0.39, 0.29) is 28.4 Å². The van der Waals surface area contributed by atoms with Crippen molar-refractivity contribution in [3.05, 3.63) is 169 Å². The quantitative estimate of drug-likeness (QED) is 0.214. The number of aromatic nitrogens is 1. The van der Waals surface area contributed by atoms with Crippen LogP contribution in [0, 0.1) is 6.92 Å². The summed E-state index contributed by atoms with van der Waals surface area (Å²) in [5.74, 6) is -1.55. The van der Waals surface area contributed by atoms with Gasteiger partial charge in [0.15, 0.2) is 5.78 Å². The molecule has 7 rings (SSSR count). The molecule has 7 heteroatoms. The molecule has 1 atom stereocenters. The number of para-hydroxylation sites is 2. The lowest BCUT2D eigenvalue weighted by molar-refractivity contribution is 0.0968. The number of anilines is 2. The Morgan fingerprint density at radius 2 is 1.26 bits per heavy atom. The molecule has 0 saturated carbocycles. The lowest BCUT2D eigenvalue weighted by Gasteiger charge is -2.40. The number of fused-ring (bicyclic) bond motifs is 2. The number of hydrogen-bond acceptors (Lipinski definition) is 4. The highest BCUT2D eigenvalue weighted by Gasteiger charge is 2.46. The summed E-state index contributed by atoms with van der Waals surface area (Å²) in [6, 6.07) is 32.4. The number of halogens is 2. The minimum absolute atomic E-state index is 0.208. The van der Waals surface area contributed by atoms with E-state index in [9.17, 15) is 14.4 Å². The van der Waals surface area contributed by atoms with Crippen LogP contribution in [-0.2, 0) is 0 Å². The zero-order valence-corrected chi connectivity index (χ0v) is 23.9. The van der Waals surface area contributed by atoms with E-state index in [1.54, 1.807) is 51.9 Å². The lowest BCUT2D eigenvalue weighted by Crippen LogP contribution is -2.41. The molecular formula is C35H22Cl2N2O3. The van der Waals surface area contributed by atoms with Gasteiger partial charge in [0.25, 0.3) is 5.56 Å². The number of allylic oxidation sites excluding steroid dienone is 2. The van der Waals surface area contributed by atoms with Crippen molar-refractivity contribution >= 4 is 46.1 Å². The van der Waals surface area contributed by atoms with E-state index in [0.29, 0.717) is 55.1 Å². The van der Waals surface area contributed by atoms with Crippen LogP contribution in [0.5, 0.6) is 0 Å². The fourth-order valence-electron chi connectivity index (χ4n) is 6.11. The molecule has 5 aromatic rings. The standard InChI is InChI=1S/C35H22Cl2N2O3/c1-20-18-28-30(35(42)38(20)22-10-4-2-5-11-22)29(26-17-16-21(36)19-27(26)37)31-32(39(28)23-12-6-3-7-13-23)34(41)25-15-9-8-14-24(25)33(31)40/h2-19,29H,1H3. The molecule has 1 aromatic heterocycles. The third-order valence-electron chi connectivity index (χ3n) is 7.88. The van der Waals surface area contributed by atoms with Crippen LogP contribution in [0.15, 0.2) is 125 Å². The Kier molecular flexibility index (Phi) is 6.23. The third-order valence-corrected chi connectivity index (χ3v) is 8.45. The van der Waals surface area contributed by atoms with Gasteiger partial charge in [-0.1, -0.05) is 89.9 Å². The number of benzene rings is 4. The number of rotatable bonds is 3. The molecule has 0 bridgehead atoms. The first-order chi connectivity index (χ1) is 20.4. The lowest BCUT2D eigenvalue weighted by atomic mass is 9.72. The maximum atomic E-state index is 14.7. The Balaban J connectivity index is 1.65. The number of nitrogens with zero attached hydrogens (tertiary/aromatic N) is 2. The Morgan fingerprint density at radius 3 is 1.90 bits per heavy atom. The van der Waals surface area contributed by atoms with Crippen LogP contribution in [0.3, 0.4) is 0 Å². The van der Waals surface area contributed by atoms with Gasteiger partial charge in [0.2, 0.25) is 5.78 Å². The molecule has 1 unspecified atom stereocenters. The summed E-state index contributed by atoms with van der Waals surface area (Å²) in [5, 5.41) is 0.714. The van der Waals surface area contributed by atoms with E-state index in [0.717, 1.165) is 0 Å². The van der Waals surface area contributed by atoms with Gasteiger partial charge < -0.3 is 4.90 Å². The molecule has 2 aliphatic rings. The smallest absolute Gasteiger partial charge is 0.261 e. The highest BCUT2D eigenvalue weighted by molar-refractivity contribution is 6.35. The maximum Gasteiger partial charge on any atom is 0.261 e. The number of hydrogen-bond donors (Lipinski definition) is 0. The Labute approximate surface area is 251 Å². The fraction of sp³-hybridized carbons (Fsp3) is 0.0571. The summed E-state index contributed by atoms with van der Waals surface area (Å²) in [6.45, 7) is 1.86. The molecule has 0 saturated heterocycles. The van der Waals surface area contributed by atoms with Crippen molar-refractivity contribution in [2.45, 2.75) is 12.8 Å². The molecular weight excluding hydrogens is 567 g/mol. The Bertz CT molecular complexity index is 2030. The van der Waals surface area contributed by atoms with Crippen LogP contribution < -0.4 is 10.5 Å². The molecule has 1 aliphatic heterocycles. The second-order valence-corrected chi connectivity index (χ2v) is 11.1. The number of carbonyl (C=O) groups is 2. The summed E-state index contributed by atoms with van der Waals surface area (Å²) in [6.07, 6.45) is 0. The average Bonchev–Trinajstić information content (AvgIpc) is 3.00. The van der Waals surface area contributed by atoms with Crippen LogP contribution in [-0.4, -0.2) is 16.1 Å². The van der Waals surface area contributed by atoms with E-state index in [1.165, 1.54) is 0 Å². The predicted molar refractivity (Wildman–Crippen MR) is 166 cm³/mol. The van der Waals surface area contributed by atoms with Crippen molar-refractivity contribution in [3.63, 3.8) is 0 Å². The number of pyridine rings is 1. The van der Waals surface area contributed by atoms with E-state index in [2.05, 4.69) is 0 Å². The van der Waals surface area contributed by atoms with Crippen LogP contribution in [0.4, 0.5) is 11.4 Å². The molecule has 1 aliphatic carbocycles. The molecule has 204 valence electrons. The van der Waals surface area contributed by atoms with Crippen molar-refractivity contribution in [2.75, 3.05) is 4.90 Å². The van der Waals surface area contributed by atoms with Gasteiger partial charge in [0, 0.05) is 49.7 Å². The first kappa shape index (κ1) is 26.2. The van der Waals surface area contributed by atoms with E-state index in [4.69, 9.17) is 23.2 Å². The van der Waals surface area contributed by atoms with Crippen LogP contribution in [0.25, 0.3) is 5.69 Å². The third kappa shape index (κ3) is 3.89. The molecule has 42 heavy (non-hydrogen) atoms. The maximum absolute atomic E-state index is 14.7. The van der Waals surface area contributed by atoms with Crippen molar-refractivity contribution in [1.29, 1.82) is 0 Å². The molecule has 0 amide bonds. The van der Waals surface area contributed by atoms with Gasteiger partial charge in [-0.05, 0) is 55.0 Å². The van der Waals surface area contributed by atoms with Gasteiger partial charge >= 0.3 is 0 Å². The summed E-state index contributed by atoms with van der Waals surface area (Å²) in [4.78, 5) is 45.3. The average molecular weight is 589 g/mol. The second-order valence-electron chi connectivity index (χ2n) is 10.3. The van der Waals surface area contributed by atoms with Crippen LogP contribution in [0.1, 0.15) is 43.5 Å². The van der Waals surface area contributed by atoms with Gasteiger partial charge in [-0.25, -0.2) is 0 Å². The monoisotopic (exact) mass is 588 g/mol. The van der Waals surface area contributed by atoms with Crippen LogP contribution >= 0.6 is 23.2 Å². The number of aryl methyl sites for hydroxylation is 1. The molecule has 4 aromatic carbocycles. The molecule has 5 nitrogen and oxygen atoms in total. The Morgan fingerprint density at radius 1 is 0.667 bits per heavy atom. The summed E-state index contributed by atoms with van der Waals surface area (Å²) < 4.78 is 1.63. The normalized spacial score (nSPS) is 15.8. The van der Waals surface area contributed by atoms with Gasteiger partial charge in [0.05, 0.1) is 11.3 Å². The van der Waals surface area contributed by atoms with E-state index >= 15 is 0 Å². The van der Waals surface area contributed by atoms with Gasteiger partial charge in [-0.3, -0.25) is 19.0 Å². The molecule has 0 fully saturated rings. The molecule has 0 radical (unpaired) electrons. The molecule has 0 spiro atoms. The summed E-state index contributed by atoms with van der Waals surface area (Å²) >= 11 is 13.1. The van der Waals surface area contributed by atoms with Crippen molar-refractivity contribution in [1.82, 2.24) is 4.57 Å². The molecule has 0 N–H and O–H groups in total. The number of ketones is 2. The first-order valence-corrected chi connectivity index (χ1v) is 14.2. The largest absolute Gasteiger partial charge is 0.306 e. The minimum atomic E-state index is -0.924. The van der Waals surface area contributed by atoms with Crippen molar-refractivity contribution in [3.8, 4) is 5.69 Å². The van der Waals surface area contributed by atoms with Gasteiger partial charge in [0.1, 0.15) is 5.70 Å². The summed E-state index contributed by atoms with van der Waals surface area (Å²) in [5.41, 5.74) is 4.12. The van der Waals surface area contributed by atoms with Crippen molar-refractivity contribution < 1.29 is 9.59 Å². The zero-order chi connectivity index (χ0) is 29.1. The first-order valence-electron chi connectivity index (χ1n) is 13.4. The number of carbonyl (C=O) groups excluding carboxylic acids is 2. The van der Waals surface area contributed by atoms with Gasteiger partial charge in [-0.15, -0.1) is 0 Å². The van der Waals surface area contributed by atoms with Gasteiger partial charge in [-0.2, -0.15) is 0 Å². The van der Waals surface area contributed by atoms with E-state index in [1.807, 2.05) is 73.7 Å². The topological polar surface area (TPSA) is 59.4 Å². The fourth-order valence-corrected chi connectivity index (χ4v) is 6.63. The second kappa shape index (κ2) is 9.98. The van der Waals surface area contributed by atoms with Crippen molar-refractivity contribution in [2.24, 2.45) is 0 Å². The SMILES string of the molecule is Cc1cc2c(c(=O)n1-c1ccccc1)C(c1ccc(Cl)cc1Cl)C1=C(C(=O)c3ccccc3C1=O)N2c1ccccc1. The predicted octanol–water partition coefficient (Wildman–Crippen LogP) is 8.07. The molecule has 2 heterocycles. The van der Waals surface area contributed by atoms with Crippen LogP contribution in [0.2, 0.25) is 10.0 Å². The highest BCUT2D eigenvalue weighted by Crippen LogP contribution is 2.51. The number of Topliss-reactive ketones (excluding diaryl/α,β-unsaturated/α-hetero) is 2. The minimum Gasteiger partial charge on any atom is -0.306 e.